The van der Waals surface area contributed by atoms with Crippen LogP contribution >= 0.6 is 0 Å². The minimum Gasteiger partial charge on any atom is -0.306 e. The molecular weight excluding hydrogens is 294 g/mol. The average molecular weight is 338 g/mol. The van der Waals surface area contributed by atoms with Gasteiger partial charge in [0.1, 0.15) is 0 Å². The summed E-state index contributed by atoms with van der Waals surface area (Å²) in [4.78, 5) is 2.88. The second-order valence-corrected chi connectivity index (χ2v) is 12.9. The van der Waals surface area contributed by atoms with Crippen LogP contribution in [0.4, 0.5) is 0 Å². The molecule has 0 aromatic carbocycles. The zero-order valence-corrected chi connectivity index (χ0v) is 17.4. The van der Waals surface area contributed by atoms with Gasteiger partial charge in [-0.3, -0.25) is 0 Å². The summed E-state index contributed by atoms with van der Waals surface area (Å²) in [6, 6.07) is 4.29. The maximum absolute atomic E-state index is 2.88. The van der Waals surface area contributed by atoms with Crippen molar-refractivity contribution in [2.75, 3.05) is 19.3 Å². The maximum atomic E-state index is 2.88. The smallest absolute Gasteiger partial charge is 0.0722 e. The lowest BCUT2D eigenvalue weighted by atomic mass is 10.1. The second kappa shape index (κ2) is 13.2. The van der Waals surface area contributed by atoms with Gasteiger partial charge in [0.15, 0.2) is 0 Å². The normalized spacial score (nSPS) is 20.8. The van der Waals surface area contributed by atoms with Crippen molar-refractivity contribution in [1.82, 2.24) is 4.90 Å². The molecule has 0 spiro atoms. The Kier molecular flexibility index (Phi) is 12.1. The van der Waals surface area contributed by atoms with E-state index in [-0.39, 0.29) is 0 Å². The first-order valence-electron chi connectivity index (χ1n) is 10.6. The molecule has 0 saturated carbocycles. The van der Waals surface area contributed by atoms with Crippen LogP contribution in [-0.2, 0) is 0 Å². The molecule has 0 radical (unpaired) electrons. The van der Waals surface area contributed by atoms with Crippen molar-refractivity contribution < 1.29 is 0 Å². The highest BCUT2D eigenvalue weighted by molar-refractivity contribution is 6.80. The van der Waals surface area contributed by atoms with Crippen molar-refractivity contribution in [2.24, 2.45) is 0 Å². The van der Waals surface area contributed by atoms with Crippen LogP contribution in [0.5, 0.6) is 0 Å². The molecule has 1 heterocycles. The van der Waals surface area contributed by atoms with Gasteiger partial charge in [0, 0.05) is 0 Å². The first-order valence-corrected chi connectivity index (χ1v) is 13.4. The SMILES string of the molecule is CC=CC[Si](CC)(CC)CN1CCCCCCCCCCCC1. The van der Waals surface area contributed by atoms with Crippen molar-refractivity contribution in [3.8, 4) is 0 Å². The van der Waals surface area contributed by atoms with Crippen molar-refractivity contribution in [2.45, 2.75) is 103 Å². The quantitative estimate of drug-likeness (QED) is 0.380. The Hall–Kier alpha value is -0.0831. The number of hydrogen-bond donors (Lipinski definition) is 0. The molecule has 1 aliphatic heterocycles. The molecule has 1 aliphatic rings. The summed E-state index contributed by atoms with van der Waals surface area (Å²) in [7, 11) is -1.11. The van der Waals surface area contributed by atoms with Crippen molar-refractivity contribution in [3.63, 3.8) is 0 Å². The first kappa shape index (κ1) is 21.0. The summed E-state index contributed by atoms with van der Waals surface area (Å²) in [5.74, 6) is 0. The standard InChI is InChI=1S/C21H43NSi/c1-4-7-20-23(5-2,6-3)21-22-18-16-14-12-10-8-9-11-13-15-17-19-22/h4,7H,5-6,8-21H2,1-3H3. The van der Waals surface area contributed by atoms with Crippen molar-refractivity contribution in [1.29, 1.82) is 0 Å². The lowest BCUT2D eigenvalue weighted by Gasteiger charge is -2.35. The molecule has 0 N–H and O–H groups in total. The molecule has 0 aliphatic carbocycles. The number of allylic oxidation sites excluding steroid dienone is 2. The minimum absolute atomic E-state index is 1.11. The van der Waals surface area contributed by atoms with E-state index in [0.717, 1.165) is 0 Å². The lowest BCUT2D eigenvalue weighted by Crippen LogP contribution is -2.46. The fourth-order valence-corrected chi connectivity index (χ4v) is 7.68. The summed E-state index contributed by atoms with van der Waals surface area (Å²) < 4.78 is 0. The molecule has 1 fully saturated rings. The zero-order valence-electron chi connectivity index (χ0n) is 16.4. The van der Waals surface area contributed by atoms with E-state index in [1.165, 1.54) is 102 Å². The summed E-state index contributed by atoms with van der Waals surface area (Å²) in [6.45, 7) is 9.83. The lowest BCUT2D eigenvalue weighted by molar-refractivity contribution is 0.294. The molecule has 2 heteroatoms. The minimum atomic E-state index is -1.11. The topological polar surface area (TPSA) is 3.24 Å². The largest absolute Gasteiger partial charge is 0.306 e. The number of rotatable bonds is 6. The Bertz CT molecular complexity index is 282. The van der Waals surface area contributed by atoms with Gasteiger partial charge in [0.25, 0.3) is 0 Å². The zero-order chi connectivity index (χ0) is 16.8. The molecule has 0 bridgehead atoms. The highest BCUT2D eigenvalue weighted by atomic mass is 28.3. The summed E-state index contributed by atoms with van der Waals surface area (Å²) in [5, 5.41) is 0. The van der Waals surface area contributed by atoms with Crippen molar-refractivity contribution >= 4 is 8.07 Å². The van der Waals surface area contributed by atoms with Gasteiger partial charge < -0.3 is 4.90 Å². The maximum Gasteiger partial charge on any atom is 0.0722 e. The van der Waals surface area contributed by atoms with E-state index in [9.17, 15) is 0 Å². The predicted molar refractivity (Wildman–Crippen MR) is 109 cm³/mol. The van der Waals surface area contributed by atoms with Crippen LogP contribution in [-0.4, -0.2) is 32.2 Å². The van der Waals surface area contributed by atoms with Crippen LogP contribution < -0.4 is 0 Å². The molecular formula is C21H43NSi. The van der Waals surface area contributed by atoms with E-state index in [4.69, 9.17) is 0 Å². The van der Waals surface area contributed by atoms with Gasteiger partial charge in [-0.05, 0) is 45.1 Å². The van der Waals surface area contributed by atoms with Gasteiger partial charge in [-0.15, -0.1) is 0 Å². The number of hydrogen-bond acceptors (Lipinski definition) is 1. The van der Waals surface area contributed by atoms with E-state index in [0.29, 0.717) is 0 Å². The molecule has 1 nitrogen and oxygen atoms in total. The molecule has 136 valence electrons. The Labute approximate surface area is 147 Å². The third-order valence-electron chi connectivity index (χ3n) is 6.04. The highest BCUT2D eigenvalue weighted by Crippen LogP contribution is 2.24. The van der Waals surface area contributed by atoms with Crippen LogP contribution in [0, 0.1) is 0 Å². The Morgan fingerprint density at radius 3 is 1.57 bits per heavy atom. The molecule has 1 saturated heterocycles. The summed E-state index contributed by atoms with van der Waals surface area (Å²) in [6.07, 6.45) is 20.8. The fourth-order valence-electron chi connectivity index (χ4n) is 4.02. The summed E-state index contributed by atoms with van der Waals surface area (Å²) >= 11 is 0. The fraction of sp³-hybridized carbons (Fsp3) is 0.905. The van der Waals surface area contributed by atoms with Crippen molar-refractivity contribution in [3.05, 3.63) is 12.2 Å². The average Bonchev–Trinajstić information content (AvgIpc) is 2.61. The molecule has 0 unspecified atom stereocenters. The van der Waals surface area contributed by atoms with Crippen LogP contribution in [0.15, 0.2) is 12.2 Å². The van der Waals surface area contributed by atoms with Gasteiger partial charge in [-0.2, -0.15) is 0 Å². The predicted octanol–water partition coefficient (Wildman–Crippen LogP) is 6.81. The third kappa shape index (κ3) is 9.10. The monoisotopic (exact) mass is 337 g/mol. The van der Waals surface area contributed by atoms with Crippen LogP contribution in [0.25, 0.3) is 0 Å². The van der Waals surface area contributed by atoms with Gasteiger partial charge in [-0.25, -0.2) is 0 Å². The highest BCUT2D eigenvalue weighted by Gasteiger charge is 2.29. The van der Waals surface area contributed by atoms with Gasteiger partial charge in [0.05, 0.1) is 8.07 Å². The van der Waals surface area contributed by atoms with E-state index in [1.807, 2.05) is 0 Å². The molecule has 0 atom stereocenters. The Morgan fingerprint density at radius 1 is 0.739 bits per heavy atom. The second-order valence-electron chi connectivity index (χ2n) is 7.79. The van der Waals surface area contributed by atoms with E-state index in [2.05, 4.69) is 37.8 Å². The molecule has 0 aromatic heterocycles. The van der Waals surface area contributed by atoms with E-state index in [1.54, 1.807) is 0 Å². The Morgan fingerprint density at radius 2 is 1.17 bits per heavy atom. The molecule has 0 amide bonds. The van der Waals surface area contributed by atoms with Gasteiger partial charge in [-0.1, -0.05) is 89.5 Å². The third-order valence-corrected chi connectivity index (χ3v) is 11.3. The number of nitrogens with zero attached hydrogens (tertiary/aromatic N) is 1. The molecule has 0 aromatic rings. The van der Waals surface area contributed by atoms with Gasteiger partial charge >= 0.3 is 0 Å². The van der Waals surface area contributed by atoms with Crippen LogP contribution in [0.2, 0.25) is 18.1 Å². The first-order chi connectivity index (χ1) is 11.3. The van der Waals surface area contributed by atoms with Crippen LogP contribution in [0.1, 0.15) is 85.0 Å². The summed E-state index contributed by atoms with van der Waals surface area (Å²) in [5.41, 5.74) is 0. The van der Waals surface area contributed by atoms with E-state index >= 15 is 0 Å². The van der Waals surface area contributed by atoms with Gasteiger partial charge in [0.2, 0.25) is 0 Å². The van der Waals surface area contributed by atoms with E-state index < -0.39 is 8.07 Å². The molecule has 1 rings (SSSR count). The van der Waals surface area contributed by atoms with Crippen LogP contribution in [0.3, 0.4) is 0 Å². The Balaban J connectivity index is 2.58. The molecule has 23 heavy (non-hydrogen) atoms.